The van der Waals surface area contributed by atoms with Gasteiger partial charge in [0.05, 0.1) is 24.9 Å². The first-order valence-electron chi connectivity index (χ1n) is 10.2. The molecule has 1 aromatic heterocycles. The second-order valence-electron chi connectivity index (χ2n) is 7.51. The minimum Gasteiger partial charge on any atom is -0.467 e. The molecule has 0 radical (unpaired) electrons. The van der Waals surface area contributed by atoms with E-state index in [9.17, 15) is 27.6 Å². The standard InChI is InChI=1S/C24H22F3N3O4/c1-16-4-2-5-19(12-16)29-21(31)13-28-22(32)15-30(14-20-6-3-11-34-20)23(33)17-7-9-18(10-8-17)24(25,26)27/h2-12H,13-15H2,1H3,(H,28,32)(H,29,31). The largest absolute Gasteiger partial charge is 0.467 e. The molecule has 7 nitrogen and oxygen atoms in total. The first kappa shape index (κ1) is 24.6. The Morgan fingerprint density at radius 1 is 0.971 bits per heavy atom. The highest BCUT2D eigenvalue weighted by Gasteiger charge is 2.30. The molecule has 3 aromatic rings. The van der Waals surface area contributed by atoms with Crippen molar-refractivity contribution in [2.75, 3.05) is 18.4 Å². The number of anilines is 1. The lowest BCUT2D eigenvalue weighted by Gasteiger charge is -2.21. The highest BCUT2D eigenvalue weighted by atomic mass is 19.4. The number of hydrogen-bond donors (Lipinski definition) is 2. The minimum atomic E-state index is -4.53. The smallest absolute Gasteiger partial charge is 0.416 e. The van der Waals surface area contributed by atoms with Gasteiger partial charge in [-0.1, -0.05) is 12.1 Å². The molecule has 2 aromatic carbocycles. The Labute approximate surface area is 193 Å². The van der Waals surface area contributed by atoms with Crippen LogP contribution in [0.4, 0.5) is 18.9 Å². The summed E-state index contributed by atoms with van der Waals surface area (Å²) in [6, 6.07) is 14.0. The molecule has 0 unspecified atom stereocenters. The van der Waals surface area contributed by atoms with Gasteiger partial charge < -0.3 is 20.0 Å². The Morgan fingerprint density at radius 3 is 2.32 bits per heavy atom. The van der Waals surface area contributed by atoms with E-state index in [2.05, 4.69) is 10.6 Å². The van der Waals surface area contributed by atoms with Crippen LogP contribution >= 0.6 is 0 Å². The Bertz CT molecular complexity index is 1140. The number of rotatable bonds is 8. The first-order chi connectivity index (χ1) is 16.1. The van der Waals surface area contributed by atoms with Crippen molar-refractivity contribution in [1.29, 1.82) is 0 Å². The molecule has 10 heteroatoms. The van der Waals surface area contributed by atoms with Crippen molar-refractivity contribution in [1.82, 2.24) is 10.2 Å². The number of benzene rings is 2. The van der Waals surface area contributed by atoms with Gasteiger partial charge in [0, 0.05) is 11.3 Å². The fourth-order valence-electron chi connectivity index (χ4n) is 3.11. The van der Waals surface area contributed by atoms with E-state index in [0.717, 1.165) is 34.7 Å². The van der Waals surface area contributed by atoms with Gasteiger partial charge in [0.2, 0.25) is 11.8 Å². The molecule has 0 aliphatic heterocycles. The molecule has 0 saturated carbocycles. The van der Waals surface area contributed by atoms with E-state index in [1.165, 1.54) is 6.26 Å². The van der Waals surface area contributed by atoms with Crippen LogP contribution in [-0.4, -0.2) is 35.7 Å². The molecular weight excluding hydrogens is 451 g/mol. The molecule has 0 bridgehead atoms. The average Bonchev–Trinajstić information content (AvgIpc) is 3.29. The highest BCUT2D eigenvalue weighted by Crippen LogP contribution is 2.29. The van der Waals surface area contributed by atoms with Crippen LogP contribution < -0.4 is 10.6 Å². The zero-order chi connectivity index (χ0) is 24.7. The zero-order valence-electron chi connectivity index (χ0n) is 18.2. The third kappa shape index (κ3) is 6.96. The summed E-state index contributed by atoms with van der Waals surface area (Å²) in [7, 11) is 0. The van der Waals surface area contributed by atoms with Gasteiger partial charge in [-0.15, -0.1) is 0 Å². The number of aryl methyl sites for hydroxylation is 1. The van der Waals surface area contributed by atoms with Gasteiger partial charge in [-0.25, -0.2) is 0 Å². The van der Waals surface area contributed by atoms with Gasteiger partial charge >= 0.3 is 6.18 Å². The van der Waals surface area contributed by atoms with E-state index in [1.807, 2.05) is 13.0 Å². The second-order valence-corrected chi connectivity index (χ2v) is 7.51. The summed E-state index contributed by atoms with van der Waals surface area (Å²) in [6.45, 7) is 1.03. The number of hydrogen-bond acceptors (Lipinski definition) is 4. The third-order valence-electron chi connectivity index (χ3n) is 4.76. The Balaban J connectivity index is 1.64. The average molecular weight is 473 g/mol. The molecule has 0 aliphatic carbocycles. The number of furan rings is 1. The lowest BCUT2D eigenvalue weighted by Crippen LogP contribution is -2.42. The van der Waals surface area contributed by atoms with Crippen LogP contribution in [0.3, 0.4) is 0 Å². The Kier molecular flexibility index (Phi) is 7.72. The van der Waals surface area contributed by atoms with Gasteiger partial charge in [-0.3, -0.25) is 14.4 Å². The van der Waals surface area contributed by atoms with Crippen LogP contribution in [0.2, 0.25) is 0 Å². The van der Waals surface area contributed by atoms with E-state index < -0.39 is 36.0 Å². The summed E-state index contributed by atoms with van der Waals surface area (Å²) >= 11 is 0. The topological polar surface area (TPSA) is 91.7 Å². The number of alkyl halides is 3. The van der Waals surface area contributed by atoms with Crippen molar-refractivity contribution < 1.29 is 32.0 Å². The van der Waals surface area contributed by atoms with Gasteiger partial charge in [0.1, 0.15) is 12.3 Å². The van der Waals surface area contributed by atoms with Gasteiger partial charge in [0.15, 0.2) is 0 Å². The Hall–Kier alpha value is -4.08. The zero-order valence-corrected chi connectivity index (χ0v) is 18.2. The van der Waals surface area contributed by atoms with E-state index >= 15 is 0 Å². The molecule has 0 spiro atoms. The SMILES string of the molecule is Cc1cccc(NC(=O)CNC(=O)CN(Cc2ccco2)C(=O)c2ccc(C(F)(F)F)cc2)c1. The second kappa shape index (κ2) is 10.7. The minimum absolute atomic E-state index is 0.0236. The quantitative estimate of drug-likeness (QED) is 0.517. The Morgan fingerprint density at radius 2 is 1.71 bits per heavy atom. The maximum Gasteiger partial charge on any atom is 0.416 e. The van der Waals surface area contributed by atoms with Crippen LogP contribution in [-0.2, 0) is 22.3 Å². The van der Waals surface area contributed by atoms with Crippen molar-refractivity contribution in [3.05, 3.63) is 89.4 Å². The van der Waals surface area contributed by atoms with Crippen molar-refractivity contribution in [2.24, 2.45) is 0 Å². The molecule has 2 N–H and O–H groups in total. The summed E-state index contributed by atoms with van der Waals surface area (Å²) in [5.74, 6) is -1.36. The molecule has 0 atom stereocenters. The molecule has 0 aliphatic rings. The van der Waals surface area contributed by atoms with E-state index in [4.69, 9.17) is 4.42 Å². The fourth-order valence-corrected chi connectivity index (χ4v) is 3.11. The molecular formula is C24H22F3N3O4. The number of halogens is 3. The summed E-state index contributed by atoms with van der Waals surface area (Å²) in [6.07, 6.45) is -3.14. The predicted molar refractivity (Wildman–Crippen MR) is 118 cm³/mol. The lowest BCUT2D eigenvalue weighted by molar-refractivity contribution is -0.137. The third-order valence-corrected chi connectivity index (χ3v) is 4.76. The maximum atomic E-state index is 12.9. The van der Waals surface area contributed by atoms with Crippen molar-refractivity contribution in [3.8, 4) is 0 Å². The van der Waals surface area contributed by atoms with Crippen molar-refractivity contribution >= 4 is 23.4 Å². The van der Waals surface area contributed by atoms with Crippen LogP contribution in [0.1, 0.15) is 27.2 Å². The molecule has 178 valence electrons. The highest BCUT2D eigenvalue weighted by molar-refractivity contribution is 5.98. The van der Waals surface area contributed by atoms with Crippen molar-refractivity contribution in [2.45, 2.75) is 19.6 Å². The molecule has 3 amide bonds. The maximum absolute atomic E-state index is 12.9. The molecule has 1 heterocycles. The van der Waals surface area contributed by atoms with Gasteiger partial charge in [0.25, 0.3) is 5.91 Å². The van der Waals surface area contributed by atoms with Crippen LogP contribution in [0.25, 0.3) is 0 Å². The molecule has 34 heavy (non-hydrogen) atoms. The summed E-state index contributed by atoms with van der Waals surface area (Å²) in [5.41, 5.74) is 0.622. The van der Waals surface area contributed by atoms with E-state index in [-0.39, 0.29) is 18.7 Å². The van der Waals surface area contributed by atoms with Crippen LogP contribution in [0.15, 0.2) is 71.3 Å². The number of carbonyl (C=O) groups excluding carboxylic acids is 3. The van der Waals surface area contributed by atoms with Crippen LogP contribution in [0, 0.1) is 6.92 Å². The number of amides is 3. The molecule has 0 saturated heterocycles. The van der Waals surface area contributed by atoms with Crippen molar-refractivity contribution in [3.63, 3.8) is 0 Å². The number of nitrogens with one attached hydrogen (secondary N) is 2. The summed E-state index contributed by atoms with van der Waals surface area (Å²) in [4.78, 5) is 38.6. The first-order valence-corrected chi connectivity index (χ1v) is 10.2. The molecule has 3 rings (SSSR count). The van der Waals surface area contributed by atoms with Crippen LogP contribution in [0.5, 0.6) is 0 Å². The lowest BCUT2D eigenvalue weighted by atomic mass is 10.1. The normalized spacial score (nSPS) is 11.1. The van der Waals surface area contributed by atoms with E-state index in [1.54, 1.807) is 30.3 Å². The summed E-state index contributed by atoms with van der Waals surface area (Å²) in [5, 5.41) is 5.09. The molecule has 0 fully saturated rings. The van der Waals surface area contributed by atoms with Gasteiger partial charge in [-0.05, 0) is 61.0 Å². The summed E-state index contributed by atoms with van der Waals surface area (Å²) < 4.78 is 43.7. The predicted octanol–water partition coefficient (Wildman–Crippen LogP) is 4.00. The number of nitrogens with zero attached hydrogens (tertiary/aromatic N) is 1. The van der Waals surface area contributed by atoms with E-state index in [0.29, 0.717) is 11.4 Å². The monoisotopic (exact) mass is 473 g/mol. The van der Waals surface area contributed by atoms with Gasteiger partial charge in [-0.2, -0.15) is 13.2 Å². The number of carbonyl (C=O) groups is 3. The fraction of sp³-hybridized carbons (Fsp3) is 0.208.